The highest BCUT2D eigenvalue weighted by molar-refractivity contribution is 6.88. The third-order valence-corrected chi connectivity index (χ3v) is 11.4. The van der Waals surface area contributed by atoms with E-state index in [0.29, 0.717) is 0 Å². The molecule has 0 amide bonds. The van der Waals surface area contributed by atoms with Crippen molar-refractivity contribution < 1.29 is 0 Å². The third-order valence-electron chi connectivity index (χ3n) is 9.50. The molecule has 0 saturated carbocycles. The van der Waals surface area contributed by atoms with E-state index in [1.807, 2.05) is 6.20 Å². The molecule has 0 N–H and O–H groups in total. The van der Waals surface area contributed by atoms with Crippen LogP contribution in [0.1, 0.15) is 0 Å². The Labute approximate surface area is 271 Å². The van der Waals surface area contributed by atoms with Gasteiger partial charge in [-0.15, -0.1) is 0 Å². The Bertz CT molecular complexity index is 2850. The number of rotatable bonds is 4. The minimum Gasteiger partial charge on any atom is -0.309 e. The smallest absolute Gasteiger partial charge is 0.220 e. The molecule has 0 aliphatic rings. The van der Waals surface area contributed by atoms with E-state index < -0.39 is 8.07 Å². The Morgan fingerprint density at radius 1 is 0.553 bits per heavy atom. The van der Waals surface area contributed by atoms with Crippen molar-refractivity contribution in [3.8, 4) is 17.1 Å². The number of para-hydroxylation sites is 5. The van der Waals surface area contributed by atoms with Crippen LogP contribution in [0.3, 0.4) is 0 Å². The van der Waals surface area contributed by atoms with E-state index >= 15 is 0 Å². The van der Waals surface area contributed by atoms with Crippen LogP contribution >= 0.6 is 0 Å². The van der Waals surface area contributed by atoms with Gasteiger partial charge in [0.2, 0.25) is 11.6 Å². The normalized spacial score (nSPS) is 12.6. The monoisotopic (exact) mass is 625 g/mol. The summed E-state index contributed by atoms with van der Waals surface area (Å²) >= 11 is 0. The van der Waals surface area contributed by atoms with Gasteiger partial charge >= 0.3 is 0 Å². The number of nitrogens with zero attached hydrogens (tertiary/aromatic N) is 7. The van der Waals surface area contributed by atoms with E-state index in [-0.39, 0.29) is 0 Å². The number of imidazole rings is 4. The summed E-state index contributed by atoms with van der Waals surface area (Å²) in [5.74, 6) is 1.85. The highest BCUT2D eigenvalue weighted by Gasteiger charge is 2.24. The summed E-state index contributed by atoms with van der Waals surface area (Å²) in [4.78, 5) is 9.89. The molecule has 47 heavy (non-hydrogen) atoms. The predicted octanol–water partition coefficient (Wildman–Crippen LogP) is 8.51. The second-order valence-electron chi connectivity index (χ2n) is 13.4. The lowest BCUT2D eigenvalue weighted by molar-refractivity contribution is 1.06. The van der Waals surface area contributed by atoms with Gasteiger partial charge in [0, 0.05) is 40.4 Å². The highest BCUT2D eigenvalue weighted by Crippen LogP contribution is 2.36. The maximum atomic E-state index is 5.13. The van der Waals surface area contributed by atoms with Gasteiger partial charge in [0.25, 0.3) is 0 Å². The van der Waals surface area contributed by atoms with Crippen LogP contribution in [0.5, 0.6) is 0 Å². The van der Waals surface area contributed by atoms with E-state index in [1.54, 1.807) is 0 Å². The first kappa shape index (κ1) is 26.4. The molecule has 5 aromatic carbocycles. The Hall–Kier alpha value is -5.86. The van der Waals surface area contributed by atoms with Gasteiger partial charge in [-0.2, -0.15) is 0 Å². The average Bonchev–Trinajstić information content (AvgIpc) is 3.89. The van der Waals surface area contributed by atoms with E-state index in [2.05, 4.69) is 170 Å². The first-order valence-electron chi connectivity index (χ1n) is 16.0. The summed E-state index contributed by atoms with van der Waals surface area (Å²) in [5, 5.41) is 3.80. The van der Waals surface area contributed by atoms with Crippen LogP contribution in [-0.4, -0.2) is 40.5 Å². The number of fused-ring (bicyclic) bond motifs is 9. The first-order valence-corrected chi connectivity index (χ1v) is 19.5. The molecule has 0 unspecified atom stereocenters. The molecule has 0 spiro atoms. The molecule has 0 fully saturated rings. The average molecular weight is 626 g/mol. The molecule has 8 heteroatoms. The van der Waals surface area contributed by atoms with Crippen molar-refractivity contribution in [2.24, 2.45) is 0 Å². The summed E-state index contributed by atoms with van der Waals surface area (Å²) in [6.07, 6.45) is 6.27. The van der Waals surface area contributed by atoms with Crippen molar-refractivity contribution >= 4 is 68.8 Å². The van der Waals surface area contributed by atoms with Gasteiger partial charge < -0.3 is 4.57 Å². The van der Waals surface area contributed by atoms with Gasteiger partial charge in [-0.25, -0.2) is 9.97 Å². The minimum absolute atomic E-state index is 0.908. The number of benzene rings is 5. The van der Waals surface area contributed by atoms with Crippen molar-refractivity contribution in [1.82, 2.24) is 32.5 Å². The topological polar surface area (TPSA) is 49.4 Å². The largest absolute Gasteiger partial charge is 0.309 e. The van der Waals surface area contributed by atoms with Crippen LogP contribution in [0, 0.1) is 0 Å². The van der Waals surface area contributed by atoms with Crippen LogP contribution in [0.2, 0.25) is 19.6 Å². The lowest BCUT2D eigenvalue weighted by atomic mass is 10.1. The molecular weight excluding hydrogens is 595 g/mol. The van der Waals surface area contributed by atoms with Crippen molar-refractivity contribution in [3.05, 3.63) is 134 Å². The van der Waals surface area contributed by atoms with E-state index in [9.17, 15) is 0 Å². The zero-order chi connectivity index (χ0) is 31.4. The maximum absolute atomic E-state index is 5.13. The van der Waals surface area contributed by atoms with Crippen LogP contribution in [-0.2, 0) is 0 Å². The molecule has 5 aromatic heterocycles. The number of aromatic nitrogens is 7. The molecule has 226 valence electrons. The minimum atomic E-state index is -1.61. The summed E-state index contributed by atoms with van der Waals surface area (Å²) in [6.45, 7) is 7.14. The fraction of sp³-hybridized carbons (Fsp3) is 0.0769. The Morgan fingerprint density at radius 3 is 2.11 bits per heavy atom. The van der Waals surface area contributed by atoms with Crippen LogP contribution in [0.4, 0.5) is 0 Å². The second kappa shape index (κ2) is 9.34. The Kier molecular flexibility index (Phi) is 5.24. The standard InChI is InChI=1S/C39H31N7Si/c1-47(2,3)37-25-43(38-40-21-22-42(37)38)26-11-10-12-27(23-26)44-32-15-6-4-13-29(32)30-20-19-28(24-36(30)44)45-34-17-8-9-18-35(34)46-33-16-7-5-14-31(33)41-39(45)46/h4-25H,1-3H3. The lowest BCUT2D eigenvalue weighted by Crippen LogP contribution is -2.40. The van der Waals surface area contributed by atoms with Gasteiger partial charge in [0.05, 0.1) is 44.5 Å². The van der Waals surface area contributed by atoms with Crippen molar-refractivity contribution in [2.75, 3.05) is 0 Å². The summed E-state index contributed by atoms with van der Waals surface area (Å²) in [7, 11) is -1.61. The number of hydrogen-bond acceptors (Lipinski definition) is 2. The molecule has 0 radical (unpaired) electrons. The SMILES string of the molecule is C[Si](C)(C)c1cn(-c2cccc(-n3c4ccccc4c4ccc(-n5c6ccccc6n6c7ccccc7nc56)cc43)c2)c2nccn12. The lowest BCUT2D eigenvalue weighted by Gasteiger charge is -2.14. The van der Waals surface area contributed by atoms with Crippen molar-refractivity contribution in [1.29, 1.82) is 0 Å². The van der Waals surface area contributed by atoms with Gasteiger partial charge in [0.1, 0.15) is 8.07 Å². The highest BCUT2D eigenvalue weighted by atomic mass is 28.3. The fourth-order valence-corrected chi connectivity index (χ4v) is 8.83. The Balaban J connectivity index is 1.23. The zero-order valence-electron chi connectivity index (χ0n) is 26.3. The molecule has 5 heterocycles. The third kappa shape index (κ3) is 3.67. The molecule has 10 rings (SSSR count). The zero-order valence-corrected chi connectivity index (χ0v) is 27.3. The van der Waals surface area contributed by atoms with Gasteiger partial charge in [-0.3, -0.25) is 17.9 Å². The molecule has 7 nitrogen and oxygen atoms in total. The number of hydrogen-bond donors (Lipinski definition) is 0. The Morgan fingerprint density at radius 2 is 1.26 bits per heavy atom. The molecular formula is C39H31N7Si. The van der Waals surface area contributed by atoms with Crippen LogP contribution < -0.4 is 5.32 Å². The summed E-state index contributed by atoms with van der Waals surface area (Å²) < 4.78 is 11.5. The second-order valence-corrected chi connectivity index (χ2v) is 18.4. The van der Waals surface area contributed by atoms with E-state index in [1.165, 1.54) is 21.6 Å². The van der Waals surface area contributed by atoms with E-state index in [0.717, 1.165) is 56.2 Å². The molecule has 0 saturated heterocycles. The molecule has 0 bridgehead atoms. The fourth-order valence-electron chi connectivity index (χ4n) is 7.41. The summed E-state index contributed by atoms with van der Waals surface area (Å²) in [6, 6.07) is 41.3. The quantitative estimate of drug-likeness (QED) is 0.184. The van der Waals surface area contributed by atoms with Crippen molar-refractivity contribution in [3.63, 3.8) is 0 Å². The maximum Gasteiger partial charge on any atom is 0.220 e. The predicted molar refractivity (Wildman–Crippen MR) is 195 cm³/mol. The van der Waals surface area contributed by atoms with Gasteiger partial charge in [-0.05, 0) is 60.7 Å². The summed E-state index contributed by atoms with van der Waals surface area (Å²) in [5.41, 5.74) is 9.95. The molecule has 0 aliphatic carbocycles. The van der Waals surface area contributed by atoms with Gasteiger partial charge in [-0.1, -0.05) is 74.2 Å². The van der Waals surface area contributed by atoms with Crippen LogP contribution in [0.15, 0.2) is 134 Å². The van der Waals surface area contributed by atoms with Gasteiger partial charge in [0.15, 0.2) is 0 Å². The first-order chi connectivity index (χ1) is 23.0. The molecule has 10 aromatic rings. The van der Waals surface area contributed by atoms with Crippen LogP contribution in [0.25, 0.3) is 72.5 Å². The van der Waals surface area contributed by atoms with Crippen molar-refractivity contribution in [2.45, 2.75) is 19.6 Å². The molecule has 0 atom stereocenters. The van der Waals surface area contributed by atoms with E-state index in [4.69, 9.17) is 9.97 Å². The molecule has 0 aliphatic heterocycles.